The Kier molecular flexibility index (Phi) is 4.71. The Hall–Kier alpha value is -2.53. The first-order chi connectivity index (χ1) is 11.7. The van der Waals surface area contributed by atoms with Gasteiger partial charge >= 0.3 is 0 Å². The summed E-state index contributed by atoms with van der Waals surface area (Å²) in [5.41, 5.74) is 1.57. The van der Waals surface area contributed by atoms with Crippen LogP contribution in [0.1, 0.15) is 13.8 Å². The molecule has 1 saturated heterocycles. The van der Waals surface area contributed by atoms with Gasteiger partial charge in [-0.15, -0.1) is 0 Å². The molecule has 1 N–H and O–H groups in total. The standard InChI is InChI=1S/C17H15NO4.C2H6/c19-13-9-11(18-5-7-21-8-6-18)10-15-16(13)17(20)12-3-1-2-4-14(12)22-15;1-2/h1-4,9-10,19H,5-8H2;1-2H3. The Balaban J connectivity index is 0.000000815. The van der Waals surface area contributed by atoms with Crippen LogP contribution in [0.2, 0.25) is 0 Å². The molecule has 0 aliphatic carbocycles. The molecule has 1 aromatic heterocycles. The molecule has 0 radical (unpaired) electrons. The van der Waals surface area contributed by atoms with Gasteiger partial charge in [-0.3, -0.25) is 4.79 Å². The van der Waals surface area contributed by atoms with E-state index in [2.05, 4.69) is 4.90 Å². The van der Waals surface area contributed by atoms with Gasteiger partial charge in [-0.25, -0.2) is 0 Å². The molecule has 2 aromatic carbocycles. The highest BCUT2D eigenvalue weighted by Gasteiger charge is 2.17. The molecule has 3 aromatic rings. The average Bonchev–Trinajstić information content (AvgIpc) is 2.64. The Morgan fingerprint density at radius 1 is 1.04 bits per heavy atom. The minimum atomic E-state index is -0.206. The van der Waals surface area contributed by atoms with Crippen molar-refractivity contribution < 1.29 is 14.3 Å². The van der Waals surface area contributed by atoms with Crippen molar-refractivity contribution in [3.63, 3.8) is 0 Å². The quantitative estimate of drug-likeness (QED) is 0.693. The molecular formula is C19H21NO4. The van der Waals surface area contributed by atoms with Gasteiger partial charge in [0.25, 0.3) is 0 Å². The number of ether oxygens (including phenoxy) is 1. The number of hydrogen-bond donors (Lipinski definition) is 1. The number of morpholine rings is 1. The molecular weight excluding hydrogens is 306 g/mol. The van der Waals surface area contributed by atoms with Crippen LogP contribution in [0.3, 0.4) is 0 Å². The van der Waals surface area contributed by atoms with Gasteiger partial charge in [-0.05, 0) is 12.1 Å². The van der Waals surface area contributed by atoms with Crippen LogP contribution in [0, 0.1) is 0 Å². The first-order valence-electron chi connectivity index (χ1n) is 8.25. The number of aromatic hydroxyl groups is 1. The number of phenolic OH excluding ortho intramolecular Hbond substituents is 1. The minimum absolute atomic E-state index is 0.0431. The van der Waals surface area contributed by atoms with Crippen molar-refractivity contribution in [1.29, 1.82) is 0 Å². The van der Waals surface area contributed by atoms with Crippen molar-refractivity contribution in [3.8, 4) is 5.75 Å². The van der Waals surface area contributed by atoms with Crippen molar-refractivity contribution >= 4 is 27.6 Å². The van der Waals surface area contributed by atoms with E-state index in [1.54, 1.807) is 24.3 Å². The summed E-state index contributed by atoms with van der Waals surface area (Å²) in [6.07, 6.45) is 0. The molecule has 0 unspecified atom stereocenters. The Morgan fingerprint density at radius 2 is 1.75 bits per heavy atom. The van der Waals surface area contributed by atoms with Crippen molar-refractivity contribution in [2.45, 2.75) is 13.8 Å². The molecule has 1 aliphatic rings. The third-order valence-electron chi connectivity index (χ3n) is 4.02. The van der Waals surface area contributed by atoms with Crippen LogP contribution in [0.15, 0.2) is 45.6 Å². The fourth-order valence-corrected chi connectivity index (χ4v) is 2.90. The van der Waals surface area contributed by atoms with E-state index in [4.69, 9.17) is 9.15 Å². The summed E-state index contributed by atoms with van der Waals surface area (Å²) in [6, 6.07) is 10.5. The lowest BCUT2D eigenvalue weighted by molar-refractivity contribution is 0.122. The van der Waals surface area contributed by atoms with E-state index in [1.165, 1.54) is 0 Å². The second kappa shape index (κ2) is 6.93. The summed E-state index contributed by atoms with van der Waals surface area (Å²) in [5, 5.41) is 11.0. The predicted octanol–water partition coefficient (Wildman–Crippen LogP) is 3.51. The maximum Gasteiger partial charge on any atom is 0.204 e. The smallest absolute Gasteiger partial charge is 0.204 e. The second-order valence-electron chi connectivity index (χ2n) is 5.36. The maximum absolute atomic E-state index is 12.5. The molecule has 0 bridgehead atoms. The zero-order chi connectivity index (χ0) is 17.1. The van der Waals surface area contributed by atoms with Crippen molar-refractivity contribution in [3.05, 3.63) is 46.6 Å². The fourth-order valence-electron chi connectivity index (χ4n) is 2.90. The summed E-state index contributed by atoms with van der Waals surface area (Å²) in [7, 11) is 0. The molecule has 1 fully saturated rings. The van der Waals surface area contributed by atoms with E-state index >= 15 is 0 Å². The van der Waals surface area contributed by atoms with Crippen LogP contribution >= 0.6 is 0 Å². The molecule has 1 aliphatic heterocycles. The SMILES string of the molecule is CC.O=c1c2ccccc2oc2cc(N3CCOCC3)cc(O)c12. The molecule has 24 heavy (non-hydrogen) atoms. The molecule has 126 valence electrons. The first kappa shape index (κ1) is 16.3. The highest BCUT2D eigenvalue weighted by atomic mass is 16.5. The van der Waals surface area contributed by atoms with Gasteiger partial charge in [-0.2, -0.15) is 0 Å². The lowest BCUT2D eigenvalue weighted by Gasteiger charge is -2.29. The lowest BCUT2D eigenvalue weighted by atomic mass is 10.1. The van der Waals surface area contributed by atoms with Crippen LogP contribution in [-0.2, 0) is 4.74 Å². The van der Waals surface area contributed by atoms with Crippen LogP contribution in [0.5, 0.6) is 5.75 Å². The predicted molar refractivity (Wildman–Crippen MR) is 96.0 cm³/mol. The number of phenols is 1. The minimum Gasteiger partial charge on any atom is -0.507 e. The normalized spacial score (nSPS) is 14.5. The topological polar surface area (TPSA) is 62.9 Å². The van der Waals surface area contributed by atoms with Crippen LogP contribution in [0.25, 0.3) is 21.9 Å². The Bertz CT molecular complexity index is 910. The molecule has 5 nitrogen and oxygen atoms in total. The van der Waals surface area contributed by atoms with Gasteiger partial charge in [0.2, 0.25) is 5.43 Å². The largest absolute Gasteiger partial charge is 0.507 e. The molecule has 2 heterocycles. The van der Waals surface area contributed by atoms with E-state index in [-0.39, 0.29) is 16.6 Å². The second-order valence-corrected chi connectivity index (χ2v) is 5.36. The van der Waals surface area contributed by atoms with Gasteiger partial charge in [0.15, 0.2) is 0 Å². The van der Waals surface area contributed by atoms with E-state index in [0.29, 0.717) is 29.8 Å². The monoisotopic (exact) mass is 327 g/mol. The Labute approximate surface area is 140 Å². The van der Waals surface area contributed by atoms with Crippen LogP contribution < -0.4 is 10.3 Å². The van der Waals surface area contributed by atoms with Crippen LogP contribution in [0.4, 0.5) is 5.69 Å². The molecule has 0 spiro atoms. The van der Waals surface area contributed by atoms with Crippen molar-refractivity contribution in [2.75, 3.05) is 31.2 Å². The zero-order valence-electron chi connectivity index (χ0n) is 13.9. The maximum atomic E-state index is 12.5. The molecule has 4 rings (SSSR count). The summed E-state index contributed by atoms with van der Waals surface area (Å²) in [5.74, 6) is -0.0431. The van der Waals surface area contributed by atoms with Crippen LogP contribution in [-0.4, -0.2) is 31.4 Å². The number of fused-ring (bicyclic) bond motifs is 2. The summed E-state index contributed by atoms with van der Waals surface area (Å²) >= 11 is 0. The zero-order valence-corrected chi connectivity index (χ0v) is 13.9. The summed E-state index contributed by atoms with van der Waals surface area (Å²) < 4.78 is 11.2. The number of rotatable bonds is 1. The third kappa shape index (κ3) is 2.83. The first-order valence-corrected chi connectivity index (χ1v) is 8.25. The number of anilines is 1. The average molecular weight is 327 g/mol. The molecule has 5 heteroatoms. The number of nitrogens with zero attached hydrogens (tertiary/aromatic N) is 1. The summed E-state index contributed by atoms with van der Waals surface area (Å²) in [6.45, 7) is 6.81. The highest BCUT2D eigenvalue weighted by molar-refractivity contribution is 5.94. The van der Waals surface area contributed by atoms with E-state index in [0.717, 1.165) is 18.8 Å². The van der Waals surface area contributed by atoms with E-state index in [9.17, 15) is 9.90 Å². The number of benzene rings is 2. The Morgan fingerprint density at radius 3 is 2.50 bits per heavy atom. The van der Waals surface area contributed by atoms with Gasteiger partial charge in [0, 0.05) is 30.9 Å². The fraction of sp³-hybridized carbons (Fsp3) is 0.316. The van der Waals surface area contributed by atoms with Gasteiger partial charge in [0.1, 0.15) is 22.3 Å². The number of para-hydroxylation sites is 1. The van der Waals surface area contributed by atoms with Gasteiger partial charge < -0.3 is 19.2 Å². The third-order valence-corrected chi connectivity index (χ3v) is 4.02. The van der Waals surface area contributed by atoms with E-state index in [1.807, 2.05) is 26.0 Å². The van der Waals surface area contributed by atoms with Gasteiger partial charge in [0.05, 0.1) is 18.6 Å². The van der Waals surface area contributed by atoms with Crippen molar-refractivity contribution in [2.24, 2.45) is 0 Å². The molecule has 0 atom stereocenters. The van der Waals surface area contributed by atoms with Crippen molar-refractivity contribution in [1.82, 2.24) is 0 Å². The molecule has 0 amide bonds. The van der Waals surface area contributed by atoms with Gasteiger partial charge in [-0.1, -0.05) is 26.0 Å². The summed E-state index contributed by atoms with van der Waals surface area (Å²) in [4.78, 5) is 14.7. The highest BCUT2D eigenvalue weighted by Crippen LogP contribution is 2.31. The lowest BCUT2D eigenvalue weighted by Crippen LogP contribution is -2.36. The molecule has 0 saturated carbocycles. The number of hydrogen-bond acceptors (Lipinski definition) is 5. The van der Waals surface area contributed by atoms with E-state index < -0.39 is 0 Å².